The Hall–Kier alpha value is -1.59. The minimum Gasteiger partial charge on any atom is -0.396 e. The lowest BCUT2D eigenvalue weighted by Crippen LogP contribution is -2.00. The van der Waals surface area contributed by atoms with E-state index in [0.717, 1.165) is 19.3 Å². The van der Waals surface area contributed by atoms with E-state index < -0.39 is 0 Å². The third-order valence-corrected chi connectivity index (χ3v) is 3.94. The van der Waals surface area contributed by atoms with Crippen LogP contribution in [0.4, 0.5) is 0 Å². The molecule has 1 aliphatic rings. The highest BCUT2D eigenvalue weighted by Crippen LogP contribution is 2.41. The molecule has 1 aromatic rings. The van der Waals surface area contributed by atoms with Crippen molar-refractivity contribution in [1.82, 2.24) is 0 Å². The number of allylic oxidation sites excluding steroid dienone is 2. The van der Waals surface area contributed by atoms with E-state index >= 15 is 0 Å². The molecule has 1 N–H and O–H groups in total. The maximum atomic E-state index is 9.03. The molecule has 2 rings (SSSR count). The van der Waals surface area contributed by atoms with Crippen molar-refractivity contribution in [3.05, 3.63) is 40.5 Å². The largest absolute Gasteiger partial charge is 0.396 e. The standard InChI is InChI=1S/C17H21NO/c1-12-9-13(2)16-11-14(5-4-8-19)15(6-3-7-18)17(16)10-12/h6,9-10,14,19H,3-5,8,11H2,1-2H3/b15-6+. The lowest BCUT2D eigenvalue weighted by atomic mass is 9.94. The predicted octanol–water partition coefficient (Wildman–Crippen LogP) is 3.55. The zero-order valence-electron chi connectivity index (χ0n) is 11.7. The summed E-state index contributed by atoms with van der Waals surface area (Å²) in [6, 6.07) is 6.68. The van der Waals surface area contributed by atoms with E-state index in [0.29, 0.717) is 12.3 Å². The van der Waals surface area contributed by atoms with Gasteiger partial charge in [-0.1, -0.05) is 23.8 Å². The van der Waals surface area contributed by atoms with E-state index in [2.05, 4.69) is 38.1 Å². The first-order valence-electron chi connectivity index (χ1n) is 6.95. The molecular weight excluding hydrogens is 234 g/mol. The lowest BCUT2D eigenvalue weighted by molar-refractivity contribution is 0.278. The van der Waals surface area contributed by atoms with Crippen molar-refractivity contribution in [3.8, 4) is 6.07 Å². The second kappa shape index (κ2) is 6.04. The molecule has 19 heavy (non-hydrogen) atoms. The van der Waals surface area contributed by atoms with Crippen LogP contribution in [0.15, 0.2) is 18.2 Å². The van der Waals surface area contributed by atoms with Crippen molar-refractivity contribution in [1.29, 1.82) is 5.26 Å². The molecule has 0 amide bonds. The quantitative estimate of drug-likeness (QED) is 0.894. The topological polar surface area (TPSA) is 44.0 Å². The number of aryl methyl sites for hydroxylation is 2. The molecule has 100 valence electrons. The third kappa shape index (κ3) is 2.88. The zero-order chi connectivity index (χ0) is 13.8. The summed E-state index contributed by atoms with van der Waals surface area (Å²) in [5.74, 6) is 0.469. The van der Waals surface area contributed by atoms with Gasteiger partial charge in [0.05, 0.1) is 12.5 Å². The van der Waals surface area contributed by atoms with Crippen molar-refractivity contribution < 1.29 is 5.11 Å². The molecule has 2 heteroatoms. The van der Waals surface area contributed by atoms with E-state index in [4.69, 9.17) is 10.4 Å². The Balaban J connectivity index is 2.38. The van der Waals surface area contributed by atoms with Crippen LogP contribution in [0.25, 0.3) is 5.57 Å². The molecule has 0 fully saturated rings. The fourth-order valence-electron chi connectivity index (χ4n) is 3.13. The van der Waals surface area contributed by atoms with Crippen LogP contribution in [-0.2, 0) is 6.42 Å². The van der Waals surface area contributed by atoms with Crippen LogP contribution < -0.4 is 0 Å². The molecule has 0 aromatic heterocycles. The first kappa shape index (κ1) is 13.8. The average Bonchev–Trinajstić information content (AvgIpc) is 2.72. The molecule has 1 aliphatic carbocycles. The highest BCUT2D eigenvalue weighted by Gasteiger charge is 2.27. The highest BCUT2D eigenvalue weighted by atomic mass is 16.2. The van der Waals surface area contributed by atoms with Crippen LogP contribution in [0.2, 0.25) is 0 Å². The molecular formula is C17H21NO. The molecule has 0 aliphatic heterocycles. The number of aliphatic hydroxyl groups is 1. The fourth-order valence-corrected chi connectivity index (χ4v) is 3.13. The van der Waals surface area contributed by atoms with Crippen LogP contribution in [-0.4, -0.2) is 11.7 Å². The van der Waals surface area contributed by atoms with E-state index in [1.54, 1.807) is 0 Å². The maximum Gasteiger partial charge on any atom is 0.0663 e. The molecule has 0 bridgehead atoms. The maximum absolute atomic E-state index is 9.03. The normalized spacial score (nSPS) is 19.5. The van der Waals surface area contributed by atoms with Gasteiger partial charge in [0, 0.05) is 6.61 Å². The molecule has 0 spiro atoms. The van der Waals surface area contributed by atoms with Crippen molar-refractivity contribution in [2.45, 2.75) is 39.5 Å². The number of hydrogen-bond acceptors (Lipinski definition) is 2. The van der Waals surface area contributed by atoms with Crippen LogP contribution in [0.1, 0.15) is 41.5 Å². The van der Waals surface area contributed by atoms with Crippen LogP contribution in [0.5, 0.6) is 0 Å². The molecule has 0 saturated heterocycles. The van der Waals surface area contributed by atoms with Gasteiger partial charge in [0.1, 0.15) is 0 Å². The Morgan fingerprint density at radius 3 is 2.89 bits per heavy atom. The summed E-state index contributed by atoms with van der Waals surface area (Å²) in [6.45, 7) is 4.54. The van der Waals surface area contributed by atoms with Gasteiger partial charge >= 0.3 is 0 Å². The van der Waals surface area contributed by atoms with Crippen molar-refractivity contribution in [3.63, 3.8) is 0 Å². The molecule has 2 nitrogen and oxygen atoms in total. The van der Waals surface area contributed by atoms with Gasteiger partial charge in [0.25, 0.3) is 0 Å². The van der Waals surface area contributed by atoms with Crippen molar-refractivity contribution in [2.24, 2.45) is 5.92 Å². The molecule has 1 aromatic carbocycles. The number of aliphatic hydroxyl groups excluding tert-OH is 1. The number of nitriles is 1. The van der Waals surface area contributed by atoms with Gasteiger partial charge in [-0.15, -0.1) is 0 Å². The van der Waals surface area contributed by atoms with Crippen molar-refractivity contribution >= 4 is 5.57 Å². The monoisotopic (exact) mass is 255 g/mol. The SMILES string of the molecule is Cc1cc(C)c2c(c1)/C(=C/CC#N)C(CCCO)C2. The minimum atomic E-state index is 0.246. The van der Waals surface area contributed by atoms with Crippen LogP contribution in [0, 0.1) is 31.1 Å². The van der Waals surface area contributed by atoms with Gasteiger partial charge < -0.3 is 5.11 Å². The summed E-state index contributed by atoms with van der Waals surface area (Å²) in [4.78, 5) is 0. The minimum absolute atomic E-state index is 0.246. The summed E-state index contributed by atoms with van der Waals surface area (Å²) in [7, 11) is 0. The summed E-state index contributed by atoms with van der Waals surface area (Å²) >= 11 is 0. The van der Waals surface area contributed by atoms with Gasteiger partial charge in [-0.25, -0.2) is 0 Å². The molecule has 0 saturated carbocycles. The first-order chi connectivity index (χ1) is 9.17. The Bertz CT molecular complexity index is 537. The van der Waals surface area contributed by atoms with Crippen molar-refractivity contribution in [2.75, 3.05) is 6.61 Å². The number of benzene rings is 1. The van der Waals surface area contributed by atoms with Gasteiger partial charge in [0.2, 0.25) is 0 Å². The van der Waals surface area contributed by atoms with E-state index in [1.807, 2.05) is 0 Å². The summed E-state index contributed by atoms with van der Waals surface area (Å²) < 4.78 is 0. The van der Waals surface area contributed by atoms with E-state index in [9.17, 15) is 0 Å². The van der Waals surface area contributed by atoms with Gasteiger partial charge in [-0.2, -0.15) is 5.26 Å². The van der Waals surface area contributed by atoms with Gasteiger partial charge in [0.15, 0.2) is 0 Å². The Labute approximate surface area is 115 Å². The zero-order valence-corrected chi connectivity index (χ0v) is 11.7. The first-order valence-corrected chi connectivity index (χ1v) is 6.95. The lowest BCUT2D eigenvalue weighted by Gasteiger charge is -2.11. The summed E-state index contributed by atoms with van der Waals surface area (Å²) in [5.41, 5.74) is 6.71. The van der Waals surface area contributed by atoms with Gasteiger partial charge in [-0.05, 0) is 61.3 Å². The molecule has 0 heterocycles. The van der Waals surface area contributed by atoms with E-state index in [1.165, 1.54) is 27.8 Å². The van der Waals surface area contributed by atoms with E-state index in [-0.39, 0.29) is 6.61 Å². The number of fused-ring (bicyclic) bond motifs is 1. The Kier molecular flexibility index (Phi) is 4.39. The molecule has 0 radical (unpaired) electrons. The van der Waals surface area contributed by atoms with Gasteiger partial charge in [-0.3, -0.25) is 0 Å². The number of nitrogens with zero attached hydrogens (tertiary/aromatic N) is 1. The smallest absolute Gasteiger partial charge is 0.0663 e. The highest BCUT2D eigenvalue weighted by molar-refractivity contribution is 5.76. The second-order valence-corrected chi connectivity index (χ2v) is 5.40. The molecule has 1 unspecified atom stereocenters. The molecule has 1 atom stereocenters. The number of hydrogen-bond donors (Lipinski definition) is 1. The average molecular weight is 255 g/mol. The van der Waals surface area contributed by atoms with Crippen LogP contribution >= 0.6 is 0 Å². The second-order valence-electron chi connectivity index (χ2n) is 5.40. The fraction of sp³-hybridized carbons (Fsp3) is 0.471. The Morgan fingerprint density at radius 1 is 1.42 bits per heavy atom. The summed E-state index contributed by atoms with van der Waals surface area (Å²) in [6.07, 6.45) is 5.43. The number of rotatable bonds is 4. The third-order valence-electron chi connectivity index (χ3n) is 3.94. The predicted molar refractivity (Wildman–Crippen MR) is 77.6 cm³/mol. The van der Waals surface area contributed by atoms with Crippen LogP contribution in [0.3, 0.4) is 0 Å². The summed E-state index contributed by atoms with van der Waals surface area (Å²) in [5, 5.41) is 17.8. The Morgan fingerprint density at radius 2 is 2.21 bits per heavy atom.